The van der Waals surface area contributed by atoms with Gasteiger partial charge in [0.2, 0.25) is 0 Å². The van der Waals surface area contributed by atoms with Crippen LogP contribution in [0, 0.1) is 6.92 Å². The first-order valence-corrected chi connectivity index (χ1v) is 9.68. The predicted molar refractivity (Wildman–Crippen MR) is 108 cm³/mol. The first-order chi connectivity index (χ1) is 13.3. The van der Waals surface area contributed by atoms with E-state index in [-0.39, 0.29) is 11.0 Å². The molecular formula is C22H26N4O2. The van der Waals surface area contributed by atoms with Crippen molar-refractivity contribution >= 4 is 0 Å². The van der Waals surface area contributed by atoms with Crippen molar-refractivity contribution in [1.29, 1.82) is 0 Å². The molecule has 0 unspecified atom stereocenters. The molecule has 3 aromatic rings. The number of hydrogen-bond acceptors (Lipinski definition) is 5. The molecule has 0 aliphatic carbocycles. The lowest BCUT2D eigenvalue weighted by Crippen LogP contribution is -2.37. The van der Waals surface area contributed by atoms with Gasteiger partial charge in [0.25, 0.3) is 5.56 Å². The zero-order chi connectivity index (χ0) is 19.9. The number of aromatic amines is 1. The van der Waals surface area contributed by atoms with Gasteiger partial charge in [-0.3, -0.25) is 9.69 Å². The Morgan fingerprint density at radius 1 is 1.21 bits per heavy atom. The SMILES string of the molecule is Cc1onc(-c2ccccc2)c1CN1CCc2nc(C(C)(C)C)[nH]c(=O)c2C1. The molecule has 28 heavy (non-hydrogen) atoms. The van der Waals surface area contributed by atoms with E-state index in [1.807, 2.05) is 37.3 Å². The second-order valence-corrected chi connectivity index (χ2v) is 8.48. The standard InChI is InChI=1S/C22H26N4O2/c1-14-16(19(25-28-14)15-8-6-5-7-9-15)12-26-11-10-18-17(13-26)20(27)24-21(23-18)22(2,3)4/h5-9H,10-13H2,1-4H3,(H,23,24,27). The molecule has 6 nitrogen and oxygen atoms in total. The fraction of sp³-hybridized carbons (Fsp3) is 0.409. The summed E-state index contributed by atoms with van der Waals surface area (Å²) in [5, 5.41) is 4.27. The van der Waals surface area contributed by atoms with Crippen molar-refractivity contribution in [2.24, 2.45) is 0 Å². The predicted octanol–water partition coefficient (Wildman–Crippen LogP) is 3.59. The fourth-order valence-corrected chi connectivity index (χ4v) is 3.59. The highest BCUT2D eigenvalue weighted by atomic mass is 16.5. The molecule has 0 fully saturated rings. The number of rotatable bonds is 3. The molecule has 0 saturated carbocycles. The molecule has 2 aromatic heterocycles. The largest absolute Gasteiger partial charge is 0.361 e. The van der Waals surface area contributed by atoms with Crippen molar-refractivity contribution in [2.75, 3.05) is 6.54 Å². The van der Waals surface area contributed by atoms with Crippen molar-refractivity contribution in [1.82, 2.24) is 20.0 Å². The van der Waals surface area contributed by atoms with Crippen molar-refractivity contribution in [3.8, 4) is 11.3 Å². The molecule has 1 aromatic carbocycles. The van der Waals surface area contributed by atoms with Crippen molar-refractivity contribution in [2.45, 2.75) is 52.6 Å². The first-order valence-electron chi connectivity index (χ1n) is 9.68. The maximum Gasteiger partial charge on any atom is 0.255 e. The van der Waals surface area contributed by atoms with Crippen molar-refractivity contribution < 1.29 is 4.52 Å². The molecule has 3 heterocycles. The molecule has 0 radical (unpaired) electrons. The number of hydrogen-bond donors (Lipinski definition) is 1. The van der Waals surface area contributed by atoms with E-state index >= 15 is 0 Å². The Morgan fingerprint density at radius 3 is 2.68 bits per heavy atom. The second kappa shape index (κ2) is 7.02. The van der Waals surface area contributed by atoms with E-state index < -0.39 is 0 Å². The molecule has 0 spiro atoms. The Bertz CT molecular complexity index is 1040. The third-order valence-electron chi connectivity index (χ3n) is 5.27. The Labute approximate surface area is 164 Å². The maximum atomic E-state index is 12.7. The molecule has 0 amide bonds. The summed E-state index contributed by atoms with van der Waals surface area (Å²) < 4.78 is 5.48. The highest BCUT2D eigenvalue weighted by Crippen LogP contribution is 2.28. The van der Waals surface area contributed by atoms with Gasteiger partial charge in [-0.05, 0) is 6.92 Å². The first kappa shape index (κ1) is 18.6. The van der Waals surface area contributed by atoms with Crippen LogP contribution in [0.3, 0.4) is 0 Å². The van der Waals surface area contributed by atoms with Crippen LogP contribution in [0.4, 0.5) is 0 Å². The van der Waals surface area contributed by atoms with Crippen LogP contribution in [0.5, 0.6) is 0 Å². The smallest absolute Gasteiger partial charge is 0.255 e. The van der Waals surface area contributed by atoms with Crippen LogP contribution >= 0.6 is 0 Å². The quantitative estimate of drug-likeness (QED) is 0.754. The molecule has 0 bridgehead atoms. The molecular weight excluding hydrogens is 352 g/mol. The van der Waals surface area contributed by atoms with Gasteiger partial charge in [-0.25, -0.2) is 4.98 Å². The van der Waals surface area contributed by atoms with E-state index in [9.17, 15) is 4.79 Å². The average molecular weight is 378 g/mol. The van der Waals surface area contributed by atoms with Crippen LogP contribution < -0.4 is 5.56 Å². The minimum absolute atomic E-state index is 0.0232. The number of nitrogens with zero attached hydrogens (tertiary/aromatic N) is 3. The van der Waals surface area contributed by atoms with E-state index in [0.29, 0.717) is 13.1 Å². The number of aryl methyl sites for hydroxylation is 1. The van der Waals surface area contributed by atoms with Gasteiger partial charge in [-0.15, -0.1) is 0 Å². The van der Waals surface area contributed by atoms with E-state index in [1.165, 1.54) is 0 Å². The Kier molecular flexibility index (Phi) is 4.67. The monoisotopic (exact) mass is 378 g/mol. The summed E-state index contributed by atoms with van der Waals surface area (Å²) in [5.74, 6) is 1.57. The molecule has 1 N–H and O–H groups in total. The van der Waals surface area contributed by atoms with Gasteiger partial charge >= 0.3 is 0 Å². The van der Waals surface area contributed by atoms with E-state index in [2.05, 4.69) is 35.8 Å². The number of aromatic nitrogens is 3. The molecule has 0 saturated heterocycles. The summed E-state index contributed by atoms with van der Waals surface area (Å²) in [6.07, 6.45) is 0.771. The van der Waals surface area contributed by atoms with Gasteiger partial charge in [0, 0.05) is 42.6 Å². The van der Waals surface area contributed by atoms with Gasteiger partial charge in [-0.2, -0.15) is 0 Å². The van der Waals surface area contributed by atoms with Crippen LogP contribution in [0.2, 0.25) is 0 Å². The van der Waals surface area contributed by atoms with Crippen molar-refractivity contribution in [3.05, 3.63) is 69.1 Å². The summed E-state index contributed by atoms with van der Waals surface area (Å²) in [5.41, 5.74) is 4.50. The highest BCUT2D eigenvalue weighted by Gasteiger charge is 2.26. The van der Waals surface area contributed by atoms with Crippen LogP contribution in [0.25, 0.3) is 11.3 Å². The number of nitrogens with one attached hydrogen (secondary N) is 1. The van der Waals surface area contributed by atoms with Gasteiger partial charge in [0.15, 0.2) is 0 Å². The van der Waals surface area contributed by atoms with E-state index in [0.717, 1.165) is 52.6 Å². The number of fused-ring (bicyclic) bond motifs is 1. The topological polar surface area (TPSA) is 75.0 Å². The fourth-order valence-electron chi connectivity index (χ4n) is 3.59. The lowest BCUT2D eigenvalue weighted by Gasteiger charge is -2.29. The molecule has 0 atom stereocenters. The zero-order valence-electron chi connectivity index (χ0n) is 16.9. The molecule has 1 aliphatic heterocycles. The lowest BCUT2D eigenvalue weighted by molar-refractivity contribution is 0.239. The second-order valence-electron chi connectivity index (χ2n) is 8.48. The van der Waals surface area contributed by atoms with Crippen molar-refractivity contribution in [3.63, 3.8) is 0 Å². The number of benzene rings is 1. The zero-order valence-corrected chi connectivity index (χ0v) is 16.9. The maximum absolute atomic E-state index is 12.7. The molecule has 6 heteroatoms. The average Bonchev–Trinajstić information content (AvgIpc) is 3.02. The lowest BCUT2D eigenvalue weighted by atomic mass is 9.94. The minimum atomic E-state index is -0.171. The van der Waals surface area contributed by atoms with Crippen LogP contribution in [0.15, 0.2) is 39.6 Å². The van der Waals surface area contributed by atoms with Gasteiger partial charge in [-0.1, -0.05) is 56.3 Å². The third kappa shape index (κ3) is 3.52. The summed E-state index contributed by atoms with van der Waals surface area (Å²) in [7, 11) is 0. The Morgan fingerprint density at radius 2 is 1.96 bits per heavy atom. The summed E-state index contributed by atoms with van der Waals surface area (Å²) in [4.78, 5) is 22.7. The Hall–Kier alpha value is -2.73. The van der Waals surface area contributed by atoms with Crippen LogP contribution in [-0.4, -0.2) is 26.6 Å². The summed E-state index contributed by atoms with van der Waals surface area (Å²) in [6, 6.07) is 10.1. The number of H-pyrrole nitrogens is 1. The van der Waals surface area contributed by atoms with Crippen LogP contribution in [-0.2, 0) is 24.9 Å². The molecule has 146 valence electrons. The minimum Gasteiger partial charge on any atom is -0.361 e. The highest BCUT2D eigenvalue weighted by molar-refractivity contribution is 5.63. The summed E-state index contributed by atoms with van der Waals surface area (Å²) >= 11 is 0. The van der Waals surface area contributed by atoms with Gasteiger partial charge in [0.1, 0.15) is 17.3 Å². The van der Waals surface area contributed by atoms with E-state index in [1.54, 1.807) is 0 Å². The van der Waals surface area contributed by atoms with Gasteiger partial charge in [0.05, 0.1) is 11.3 Å². The van der Waals surface area contributed by atoms with Crippen LogP contribution in [0.1, 0.15) is 49.2 Å². The van der Waals surface area contributed by atoms with E-state index in [4.69, 9.17) is 9.51 Å². The normalized spacial score (nSPS) is 14.9. The van der Waals surface area contributed by atoms with Gasteiger partial charge < -0.3 is 9.51 Å². The Balaban J connectivity index is 1.60. The third-order valence-corrected chi connectivity index (χ3v) is 5.27. The summed E-state index contributed by atoms with van der Waals surface area (Å²) in [6.45, 7) is 10.3. The molecule has 1 aliphatic rings. The molecule has 4 rings (SSSR count).